The normalized spacial score (nSPS) is 20.5. The third-order valence-corrected chi connectivity index (χ3v) is 5.21. The van der Waals surface area contributed by atoms with Gasteiger partial charge in [-0.2, -0.15) is 0 Å². The molecule has 0 spiro atoms. The summed E-state index contributed by atoms with van der Waals surface area (Å²) in [6, 6.07) is 7.95. The Morgan fingerprint density at radius 3 is 3.00 bits per heavy atom. The number of fused-ring (bicyclic) bond motifs is 1. The predicted octanol–water partition coefficient (Wildman–Crippen LogP) is 3.71. The Morgan fingerprint density at radius 2 is 2.16 bits per heavy atom. The molecule has 3 heterocycles. The van der Waals surface area contributed by atoms with Gasteiger partial charge in [0.25, 0.3) is 5.91 Å². The van der Waals surface area contributed by atoms with E-state index in [4.69, 9.17) is 9.51 Å². The van der Waals surface area contributed by atoms with Crippen LogP contribution >= 0.6 is 0 Å². The van der Waals surface area contributed by atoms with E-state index in [1.807, 2.05) is 17.0 Å². The predicted molar refractivity (Wildman–Crippen MR) is 92.3 cm³/mol. The fourth-order valence-electron chi connectivity index (χ4n) is 3.69. The van der Waals surface area contributed by atoms with Gasteiger partial charge in [-0.3, -0.25) is 4.79 Å². The van der Waals surface area contributed by atoms with Crippen molar-refractivity contribution in [2.45, 2.75) is 44.6 Å². The van der Waals surface area contributed by atoms with Crippen LogP contribution in [-0.2, 0) is 0 Å². The third-order valence-electron chi connectivity index (χ3n) is 5.21. The maximum Gasteiger partial charge on any atom is 0.276 e. The van der Waals surface area contributed by atoms with Crippen molar-refractivity contribution in [3.05, 3.63) is 47.1 Å². The van der Waals surface area contributed by atoms with Gasteiger partial charge in [0.2, 0.25) is 0 Å². The van der Waals surface area contributed by atoms with Gasteiger partial charge in [0.15, 0.2) is 5.69 Å². The van der Waals surface area contributed by atoms with Gasteiger partial charge in [-0.1, -0.05) is 11.2 Å². The molecule has 2 aromatic heterocycles. The lowest BCUT2D eigenvalue weighted by Crippen LogP contribution is -2.31. The Hall–Kier alpha value is -2.63. The van der Waals surface area contributed by atoms with Gasteiger partial charge in [-0.25, -0.2) is 4.98 Å². The summed E-state index contributed by atoms with van der Waals surface area (Å²) in [7, 11) is 0. The molecule has 0 bridgehead atoms. The highest BCUT2D eigenvalue weighted by Crippen LogP contribution is 2.40. The second-order valence-corrected chi connectivity index (χ2v) is 7.19. The van der Waals surface area contributed by atoms with Crippen molar-refractivity contribution in [3.8, 4) is 0 Å². The molecule has 1 saturated carbocycles. The van der Waals surface area contributed by atoms with Crippen molar-refractivity contribution in [1.82, 2.24) is 20.0 Å². The number of nitrogens with zero attached hydrogens (tertiary/aromatic N) is 3. The maximum absolute atomic E-state index is 12.9. The number of nitrogens with one attached hydrogen (secondary N) is 1. The van der Waals surface area contributed by atoms with E-state index in [-0.39, 0.29) is 11.9 Å². The second-order valence-electron chi connectivity index (χ2n) is 7.19. The van der Waals surface area contributed by atoms with Crippen LogP contribution in [0.4, 0.5) is 0 Å². The molecule has 1 N–H and O–H groups in total. The van der Waals surface area contributed by atoms with Gasteiger partial charge in [0, 0.05) is 18.5 Å². The third kappa shape index (κ3) is 2.52. The molecule has 1 amide bonds. The zero-order valence-corrected chi connectivity index (χ0v) is 14.2. The van der Waals surface area contributed by atoms with E-state index in [1.165, 1.54) is 5.56 Å². The molecule has 1 aliphatic heterocycles. The van der Waals surface area contributed by atoms with E-state index in [2.05, 4.69) is 29.2 Å². The average molecular weight is 336 g/mol. The van der Waals surface area contributed by atoms with Crippen molar-refractivity contribution >= 4 is 16.9 Å². The Morgan fingerprint density at radius 1 is 1.28 bits per heavy atom. The van der Waals surface area contributed by atoms with Crippen molar-refractivity contribution in [3.63, 3.8) is 0 Å². The summed E-state index contributed by atoms with van der Waals surface area (Å²) < 4.78 is 5.35. The summed E-state index contributed by atoms with van der Waals surface area (Å²) in [5.74, 6) is 2.10. The largest absolute Gasteiger partial charge is 0.360 e. The van der Waals surface area contributed by atoms with E-state index in [0.717, 1.165) is 54.8 Å². The minimum Gasteiger partial charge on any atom is -0.360 e. The van der Waals surface area contributed by atoms with E-state index in [0.29, 0.717) is 11.6 Å². The van der Waals surface area contributed by atoms with Crippen LogP contribution in [0.5, 0.6) is 0 Å². The molecule has 25 heavy (non-hydrogen) atoms. The SMILES string of the molecule is Cc1ccc2nc([C@H]3CCCN3C(=O)c3cc(C4CC4)on3)[nH]c2c1. The summed E-state index contributed by atoms with van der Waals surface area (Å²) in [4.78, 5) is 22.9. The van der Waals surface area contributed by atoms with E-state index < -0.39 is 0 Å². The summed E-state index contributed by atoms with van der Waals surface area (Å²) in [5, 5.41) is 4.01. The van der Waals surface area contributed by atoms with Crippen LogP contribution in [0.2, 0.25) is 0 Å². The Balaban J connectivity index is 1.44. The maximum atomic E-state index is 12.9. The highest BCUT2D eigenvalue weighted by Gasteiger charge is 2.35. The summed E-state index contributed by atoms with van der Waals surface area (Å²) in [5.41, 5.74) is 3.57. The number of rotatable bonds is 3. The van der Waals surface area contributed by atoms with Crippen LogP contribution in [0.15, 0.2) is 28.8 Å². The monoisotopic (exact) mass is 336 g/mol. The van der Waals surface area contributed by atoms with Crippen LogP contribution < -0.4 is 0 Å². The fourth-order valence-corrected chi connectivity index (χ4v) is 3.69. The smallest absolute Gasteiger partial charge is 0.276 e. The number of likely N-dealkylation sites (tertiary alicyclic amines) is 1. The number of aromatic nitrogens is 3. The molecule has 2 aliphatic rings. The summed E-state index contributed by atoms with van der Waals surface area (Å²) in [6.45, 7) is 2.79. The quantitative estimate of drug-likeness (QED) is 0.791. The molecule has 1 atom stereocenters. The van der Waals surface area contributed by atoms with Crippen molar-refractivity contribution in [1.29, 1.82) is 0 Å². The number of aromatic amines is 1. The summed E-state index contributed by atoms with van der Waals surface area (Å²) in [6.07, 6.45) is 4.15. The van der Waals surface area contributed by atoms with Crippen LogP contribution in [0.3, 0.4) is 0 Å². The highest BCUT2D eigenvalue weighted by molar-refractivity contribution is 5.92. The van der Waals surface area contributed by atoms with Crippen LogP contribution in [0, 0.1) is 6.92 Å². The van der Waals surface area contributed by atoms with Gasteiger partial charge in [-0.05, 0) is 50.3 Å². The zero-order valence-electron chi connectivity index (χ0n) is 14.2. The molecule has 1 aliphatic carbocycles. The lowest BCUT2D eigenvalue weighted by Gasteiger charge is -2.21. The fraction of sp³-hybridized carbons (Fsp3) is 0.421. The lowest BCUT2D eigenvalue weighted by molar-refractivity contribution is 0.0720. The standard InChI is InChI=1S/C19H20N4O2/c1-11-4-7-13-14(9-11)21-18(20-13)16-3-2-8-23(16)19(24)15-10-17(25-22-15)12-5-6-12/h4,7,9-10,12,16H,2-3,5-6,8H2,1H3,(H,20,21)/t16-/m1/s1. The topological polar surface area (TPSA) is 75.0 Å². The Bertz CT molecular complexity index is 953. The number of benzene rings is 1. The number of H-pyrrole nitrogens is 1. The first kappa shape index (κ1) is 14.7. The number of carbonyl (C=O) groups excluding carboxylic acids is 1. The second kappa shape index (κ2) is 5.44. The van der Waals surface area contributed by atoms with Crippen LogP contribution in [0.1, 0.15) is 65.3 Å². The molecule has 0 unspecified atom stereocenters. The first-order valence-corrected chi connectivity index (χ1v) is 8.93. The number of amides is 1. The minimum atomic E-state index is -0.0604. The van der Waals surface area contributed by atoms with E-state index in [1.54, 1.807) is 0 Å². The summed E-state index contributed by atoms with van der Waals surface area (Å²) >= 11 is 0. The van der Waals surface area contributed by atoms with E-state index >= 15 is 0 Å². The molecular formula is C19H20N4O2. The average Bonchev–Trinajstić information content (AvgIpc) is 3.05. The van der Waals surface area contributed by atoms with Gasteiger partial charge >= 0.3 is 0 Å². The van der Waals surface area contributed by atoms with Gasteiger partial charge in [0.1, 0.15) is 11.6 Å². The molecule has 6 heteroatoms. The van der Waals surface area contributed by atoms with Gasteiger partial charge < -0.3 is 14.4 Å². The minimum absolute atomic E-state index is 0.0266. The molecule has 0 radical (unpaired) electrons. The molecule has 128 valence electrons. The highest BCUT2D eigenvalue weighted by atomic mass is 16.5. The molecule has 6 nitrogen and oxygen atoms in total. The Labute approximate surface area is 145 Å². The molecule has 3 aromatic rings. The first-order valence-electron chi connectivity index (χ1n) is 8.93. The lowest BCUT2D eigenvalue weighted by atomic mass is 10.2. The first-order chi connectivity index (χ1) is 12.2. The number of aryl methyl sites for hydroxylation is 1. The van der Waals surface area contributed by atoms with Gasteiger partial charge in [0.05, 0.1) is 17.1 Å². The molecule has 5 rings (SSSR count). The number of imidazole rings is 1. The van der Waals surface area contributed by atoms with Gasteiger partial charge in [-0.15, -0.1) is 0 Å². The molecule has 1 aromatic carbocycles. The molecule has 2 fully saturated rings. The van der Waals surface area contributed by atoms with Crippen LogP contribution in [-0.4, -0.2) is 32.5 Å². The van der Waals surface area contributed by atoms with Crippen molar-refractivity contribution in [2.75, 3.05) is 6.54 Å². The zero-order chi connectivity index (χ0) is 17.0. The number of carbonyl (C=O) groups is 1. The number of hydrogen-bond acceptors (Lipinski definition) is 4. The van der Waals surface area contributed by atoms with E-state index in [9.17, 15) is 4.79 Å². The van der Waals surface area contributed by atoms with Crippen molar-refractivity contribution in [2.24, 2.45) is 0 Å². The Kier molecular flexibility index (Phi) is 3.20. The molecular weight excluding hydrogens is 316 g/mol. The van der Waals surface area contributed by atoms with Crippen LogP contribution in [0.25, 0.3) is 11.0 Å². The molecule has 1 saturated heterocycles. The number of hydrogen-bond donors (Lipinski definition) is 1. The van der Waals surface area contributed by atoms with Crippen molar-refractivity contribution < 1.29 is 9.32 Å².